The van der Waals surface area contributed by atoms with Crippen molar-refractivity contribution in [2.75, 3.05) is 0 Å². The number of rotatable bonds is 2. The smallest absolute Gasteiger partial charge is 0.580 e. The molecule has 0 atom stereocenters. The first-order valence-electron chi connectivity index (χ1n) is 2.74. The Hall–Kier alpha value is -0.128. The summed E-state index contributed by atoms with van der Waals surface area (Å²) in [4.78, 5) is 3.87. The van der Waals surface area contributed by atoms with Gasteiger partial charge < -0.3 is 4.48 Å². The molecule has 4 heteroatoms. The van der Waals surface area contributed by atoms with Crippen LogP contribution in [0.4, 0.5) is 0 Å². The molecular formula is C5H8BLiN2. The summed E-state index contributed by atoms with van der Waals surface area (Å²) in [5.74, 6) is 0. The van der Waals surface area contributed by atoms with Crippen LogP contribution in [0.5, 0.6) is 0 Å². The number of nitrogens with zero attached hydrogens (tertiary/aromatic N) is 2. The van der Waals surface area contributed by atoms with Gasteiger partial charge in [0.25, 0.3) is 0 Å². The summed E-state index contributed by atoms with van der Waals surface area (Å²) < 4.78 is 1.94. The zero-order valence-electron chi connectivity index (χ0n) is 5.91. The van der Waals surface area contributed by atoms with E-state index in [2.05, 4.69) is 19.3 Å². The van der Waals surface area contributed by atoms with Crippen LogP contribution in [0.1, 0.15) is 6.92 Å². The molecule has 0 aliphatic heterocycles. The molecule has 0 saturated carbocycles. The molecule has 1 aromatic rings. The average molecular weight is 114 g/mol. The molecule has 1 aromatic heterocycles. The van der Waals surface area contributed by atoms with Crippen LogP contribution in [0.25, 0.3) is 0 Å². The molecule has 0 aliphatic rings. The first kappa shape index (κ1) is 8.87. The van der Waals surface area contributed by atoms with Gasteiger partial charge in [-0.15, -0.1) is 6.92 Å². The molecule has 0 saturated heterocycles. The van der Waals surface area contributed by atoms with E-state index in [1.807, 2.05) is 10.7 Å². The van der Waals surface area contributed by atoms with Gasteiger partial charge in [0.15, 0.2) is 0 Å². The van der Waals surface area contributed by atoms with Crippen molar-refractivity contribution in [2.45, 2.75) is 13.2 Å². The van der Waals surface area contributed by atoms with Crippen molar-refractivity contribution in [2.24, 2.45) is 0 Å². The van der Waals surface area contributed by atoms with Gasteiger partial charge in [0, 0.05) is 12.5 Å². The Labute approximate surface area is 68.1 Å². The van der Waals surface area contributed by atoms with Crippen LogP contribution in [-0.4, -0.2) is 16.9 Å². The average Bonchev–Trinajstić information content (AvgIpc) is 2.19. The third-order valence-corrected chi connectivity index (χ3v) is 0.918. The molecule has 0 amide bonds. The van der Waals surface area contributed by atoms with E-state index in [-0.39, 0.29) is 18.9 Å². The van der Waals surface area contributed by atoms with Crippen molar-refractivity contribution in [3.8, 4) is 0 Å². The molecule has 0 aromatic carbocycles. The minimum absolute atomic E-state index is 0. The Kier molecular flexibility index (Phi) is 4.66. The molecule has 2 nitrogen and oxygen atoms in total. The second-order valence-corrected chi connectivity index (χ2v) is 1.60. The van der Waals surface area contributed by atoms with Gasteiger partial charge in [0.1, 0.15) is 0 Å². The molecule has 0 unspecified atom stereocenters. The fourth-order valence-electron chi connectivity index (χ4n) is 0.588. The van der Waals surface area contributed by atoms with Gasteiger partial charge in [-0.1, -0.05) is 0 Å². The fraction of sp³-hybridized carbons (Fsp3) is 0.400. The first-order valence-corrected chi connectivity index (χ1v) is 2.74. The Balaban J connectivity index is 0.000000640. The Morgan fingerprint density at radius 3 is 2.89 bits per heavy atom. The van der Waals surface area contributed by atoms with Gasteiger partial charge in [0.2, 0.25) is 0 Å². The largest absolute Gasteiger partial charge is 1.00 e. The van der Waals surface area contributed by atoms with Crippen LogP contribution in [0.15, 0.2) is 18.7 Å². The number of imidazole rings is 1. The molecule has 9 heavy (non-hydrogen) atoms. The Morgan fingerprint density at radius 1 is 1.67 bits per heavy atom. The van der Waals surface area contributed by atoms with E-state index < -0.39 is 0 Å². The van der Waals surface area contributed by atoms with Crippen molar-refractivity contribution >= 4 is 7.41 Å². The molecule has 0 N–H and O–H groups in total. The number of hydrogen-bond acceptors (Lipinski definition) is 1. The molecule has 1 rings (SSSR count). The molecule has 0 bridgehead atoms. The summed E-state index contributed by atoms with van der Waals surface area (Å²) in [5, 5.41) is 0. The standard InChI is InChI=1S/C5H8BN2.Li/c1-2-6-8-4-3-7-5-8;/h3-5H,2H2,1H3;/q-1;+1. The second-order valence-electron chi connectivity index (χ2n) is 1.60. The van der Waals surface area contributed by atoms with Crippen LogP contribution in [0.3, 0.4) is 0 Å². The van der Waals surface area contributed by atoms with Crippen molar-refractivity contribution in [1.29, 1.82) is 0 Å². The molecular weight excluding hydrogens is 106 g/mol. The third-order valence-electron chi connectivity index (χ3n) is 0.918. The predicted octanol–water partition coefficient (Wildman–Crippen LogP) is -2.21. The summed E-state index contributed by atoms with van der Waals surface area (Å²) in [5.41, 5.74) is 0. The summed E-state index contributed by atoms with van der Waals surface area (Å²) in [6.45, 7) is 2.10. The van der Waals surface area contributed by atoms with E-state index in [1.165, 1.54) is 0 Å². The maximum absolute atomic E-state index is 3.87. The van der Waals surface area contributed by atoms with Crippen LogP contribution < -0.4 is 18.9 Å². The summed E-state index contributed by atoms with van der Waals surface area (Å²) >= 11 is 0. The minimum Gasteiger partial charge on any atom is -0.580 e. The minimum atomic E-state index is 0. The van der Waals surface area contributed by atoms with Gasteiger partial charge in [-0.05, 0) is 6.20 Å². The van der Waals surface area contributed by atoms with Crippen molar-refractivity contribution < 1.29 is 18.9 Å². The third kappa shape index (κ3) is 2.79. The van der Waals surface area contributed by atoms with E-state index in [1.54, 1.807) is 12.5 Å². The van der Waals surface area contributed by atoms with Crippen molar-refractivity contribution in [3.63, 3.8) is 0 Å². The van der Waals surface area contributed by atoms with Crippen LogP contribution in [0.2, 0.25) is 6.32 Å². The molecule has 0 aliphatic carbocycles. The summed E-state index contributed by atoms with van der Waals surface area (Å²) in [7, 11) is 2.06. The predicted molar refractivity (Wildman–Crippen MR) is 33.9 cm³/mol. The zero-order chi connectivity index (χ0) is 5.82. The van der Waals surface area contributed by atoms with Crippen LogP contribution >= 0.6 is 0 Å². The van der Waals surface area contributed by atoms with E-state index in [9.17, 15) is 0 Å². The van der Waals surface area contributed by atoms with E-state index >= 15 is 0 Å². The Bertz CT molecular complexity index is 141. The molecule has 2 radical (unpaired) electrons. The van der Waals surface area contributed by atoms with Crippen molar-refractivity contribution in [3.05, 3.63) is 18.7 Å². The zero-order valence-corrected chi connectivity index (χ0v) is 5.91. The molecule has 42 valence electrons. The molecule has 1 heterocycles. The number of aromatic nitrogens is 2. The van der Waals surface area contributed by atoms with Gasteiger partial charge in [-0.2, -0.15) is 7.41 Å². The summed E-state index contributed by atoms with van der Waals surface area (Å²) in [6.07, 6.45) is 6.52. The normalized spacial score (nSPS) is 8.56. The van der Waals surface area contributed by atoms with Gasteiger partial charge in [0.05, 0.1) is 0 Å². The maximum atomic E-state index is 3.87. The topological polar surface area (TPSA) is 17.8 Å². The SMILES string of the molecule is CC[B-]n1ccnc1.[Li+]. The maximum Gasteiger partial charge on any atom is 1.00 e. The fourth-order valence-corrected chi connectivity index (χ4v) is 0.588. The molecule has 0 spiro atoms. The van der Waals surface area contributed by atoms with Gasteiger partial charge in [-0.3, -0.25) is 0 Å². The first-order chi connectivity index (χ1) is 3.93. The van der Waals surface area contributed by atoms with Gasteiger partial charge >= 0.3 is 18.9 Å². The monoisotopic (exact) mass is 114 g/mol. The van der Waals surface area contributed by atoms with Crippen LogP contribution in [-0.2, 0) is 0 Å². The molecule has 0 fully saturated rings. The van der Waals surface area contributed by atoms with Crippen LogP contribution in [0, 0.1) is 0 Å². The van der Waals surface area contributed by atoms with Crippen molar-refractivity contribution in [1.82, 2.24) is 9.46 Å². The number of hydrogen-bond donors (Lipinski definition) is 0. The van der Waals surface area contributed by atoms with E-state index in [4.69, 9.17) is 0 Å². The van der Waals surface area contributed by atoms with Gasteiger partial charge in [-0.25, -0.2) is 11.3 Å². The summed E-state index contributed by atoms with van der Waals surface area (Å²) in [6, 6.07) is 0. The quantitative estimate of drug-likeness (QED) is 0.398. The second kappa shape index (κ2) is 4.72. The van der Waals surface area contributed by atoms with E-state index in [0.29, 0.717) is 0 Å². The van der Waals surface area contributed by atoms with E-state index in [0.717, 1.165) is 6.32 Å². The Morgan fingerprint density at radius 2 is 2.44 bits per heavy atom.